The summed E-state index contributed by atoms with van der Waals surface area (Å²) in [5, 5.41) is 0. The van der Waals surface area contributed by atoms with E-state index in [1.165, 1.54) is 0 Å². The number of aryl methyl sites for hydroxylation is 2. The number of piperazine rings is 1. The average molecular weight is 290 g/mol. The van der Waals surface area contributed by atoms with Crippen LogP contribution in [0.25, 0.3) is 0 Å². The van der Waals surface area contributed by atoms with Gasteiger partial charge in [0.25, 0.3) is 0 Å². The SMILES string of the molecule is Cc1cc(C)nc(CN2CCN(CC(C)C)C(=O)C2C)n1. The van der Waals surface area contributed by atoms with Crippen LogP contribution in [0.3, 0.4) is 0 Å². The van der Waals surface area contributed by atoms with E-state index < -0.39 is 0 Å². The molecule has 5 heteroatoms. The quantitative estimate of drug-likeness (QED) is 0.848. The van der Waals surface area contributed by atoms with Crippen molar-refractivity contribution in [2.45, 2.75) is 47.2 Å². The maximum absolute atomic E-state index is 12.4. The number of carbonyl (C=O) groups excluding carboxylic acids is 1. The monoisotopic (exact) mass is 290 g/mol. The van der Waals surface area contributed by atoms with Crippen molar-refractivity contribution < 1.29 is 4.79 Å². The fourth-order valence-electron chi connectivity index (χ4n) is 2.86. The summed E-state index contributed by atoms with van der Waals surface area (Å²) in [7, 11) is 0. The minimum absolute atomic E-state index is 0.0954. The molecule has 1 saturated heterocycles. The minimum atomic E-state index is -0.0954. The van der Waals surface area contributed by atoms with Crippen LogP contribution in [-0.2, 0) is 11.3 Å². The Labute approximate surface area is 127 Å². The Hall–Kier alpha value is -1.49. The van der Waals surface area contributed by atoms with Gasteiger partial charge in [-0.15, -0.1) is 0 Å². The van der Waals surface area contributed by atoms with Gasteiger partial charge in [-0.25, -0.2) is 9.97 Å². The predicted molar refractivity (Wildman–Crippen MR) is 82.8 cm³/mol. The van der Waals surface area contributed by atoms with Gasteiger partial charge in [-0.2, -0.15) is 0 Å². The van der Waals surface area contributed by atoms with Gasteiger partial charge in [-0.05, 0) is 32.8 Å². The van der Waals surface area contributed by atoms with Crippen molar-refractivity contribution in [2.24, 2.45) is 5.92 Å². The summed E-state index contributed by atoms with van der Waals surface area (Å²) in [5.74, 6) is 1.54. The van der Waals surface area contributed by atoms with Crippen molar-refractivity contribution in [1.82, 2.24) is 19.8 Å². The highest BCUT2D eigenvalue weighted by Gasteiger charge is 2.31. The molecule has 116 valence electrons. The highest BCUT2D eigenvalue weighted by Crippen LogP contribution is 2.15. The molecule has 1 aliphatic rings. The molecule has 5 nitrogen and oxygen atoms in total. The zero-order chi connectivity index (χ0) is 15.6. The van der Waals surface area contributed by atoms with Crippen LogP contribution in [0, 0.1) is 19.8 Å². The molecule has 21 heavy (non-hydrogen) atoms. The zero-order valence-electron chi connectivity index (χ0n) is 13.8. The van der Waals surface area contributed by atoms with Crippen LogP contribution >= 0.6 is 0 Å². The molecule has 1 aromatic heterocycles. The van der Waals surface area contributed by atoms with Crippen molar-refractivity contribution >= 4 is 5.91 Å². The topological polar surface area (TPSA) is 49.3 Å². The van der Waals surface area contributed by atoms with Gasteiger partial charge in [0, 0.05) is 31.0 Å². The first-order chi connectivity index (χ1) is 9.86. The molecule has 0 bridgehead atoms. The van der Waals surface area contributed by atoms with Crippen LogP contribution in [0.15, 0.2) is 6.07 Å². The Bertz CT molecular complexity index is 495. The molecule has 1 atom stereocenters. The Morgan fingerprint density at radius 2 is 1.86 bits per heavy atom. The zero-order valence-corrected chi connectivity index (χ0v) is 13.8. The number of rotatable bonds is 4. The van der Waals surface area contributed by atoms with Gasteiger partial charge in [0.15, 0.2) is 0 Å². The molecule has 2 heterocycles. The molecule has 1 aromatic rings. The van der Waals surface area contributed by atoms with Crippen LogP contribution in [0.4, 0.5) is 0 Å². The minimum Gasteiger partial charge on any atom is -0.340 e. The molecule has 0 N–H and O–H groups in total. The van der Waals surface area contributed by atoms with Crippen LogP contribution in [0.2, 0.25) is 0 Å². The smallest absolute Gasteiger partial charge is 0.239 e. The van der Waals surface area contributed by atoms with Crippen molar-refractivity contribution in [3.63, 3.8) is 0 Å². The standard InChI is InChI=1S/C16H26N4O/c1-11(2)9-20-7-6-19(14(5)16(20)21)10-15-17-12(3)8-13(4)18-15/h8,11,14H,6-7,9-10H2,1-5H3. The lowest BCUT2D eigenvalue weighted by Crippen LogP contribution is -2.56. The van der Waals surface area contributed by atoms with E-state index in [1.807, 2.05) is 31.7 Å². The summed E-state index contributed by atoms with van der Waals surface area (Å²) in [6.07, 6.45) is 0. The first-order valence-electron chi connectivity index (χ1n) is 7.71. The second-order valence-electron chi connectivity index (χ2n) is 6.39. The average Bonchev–Trinajstić information content (AvgIpc) is 2.37. The van der Waals surface area contributed by atoms with Gasteiger partial charge in [-0.3, -0.25) is 9.69 Å². The Morgan fingerprint density at radius 3 is 2.43 bits per heavy atom. The number of hydrogen-bond acceptors (Lipinski definition) is 4. The van der Waals surface area contributed by atoms with Crippen LogP contribution in [0.1, 0.15) is 38.0 Å². The molecule has 1 fully saturated rings. The number of nitrogens with zero attached hydrogens (tertiary/aromatic N) is 4. The Kier molecular flexibility index (Phi) is 4.93. The van der Waals surface area contributed by atoms with Crippen LogP contribution in [0.5, 0.6) is 0 Å². The summed E-state index contributed by atoms with van der Waals surface area (Å²) in [6, 6.07) is 1.88. The van der Waals surface area contributed by atoms with E-state index >= 15 is 0 Å². The lowest BCUT2D eigenvalue weighted by molar-refractivity contribution is -0.142. The summed E-state index contributed by atoms with van der Waals surface area (Å²) >= 11 is 0. The molecular weight excluding hydrogens is 264 g/mol. The molecule has 1 amide bonds. The summed E-state index contributed by atoms with van der Waals surface area (Å²) in [4.78, 5) is 25.5. The fourth-order valence-corrected chi connectivity index (χ4v) is 2.86. The second kappa shape index (κ2) is 6.52. The molecule has 1 unspecified atom stereocenters. The van der Waals surface area contributed by atoms with E-state index in [2.05, 4.69) is 28.7 Å². The molecule has 1 aliphatic heterocycles. The molecule has 0 aromatic carbocycles. The van der Waals surface area contributed by atoms with Gasteiger partial charge in [-0.1, -0.05) is 13.8 Å². The maximum Gasteiger partial charge on any atom is 0.239 e. The summed E-state index contributed by atoms with van der Waals surface area (Å²) in [5.41, 5.74) is 1.96. The first-order valence-corrected chi connectivity index (χ1v) is 7.71. The highest BCUT2D eigenvalue weighted by molar-refractivity contribution is 5.82. The predicted octanol–water partition coefficient (Wildman–Crippen LogP) is 1.78. The number of amides is 1. The third kappa shape index (κ3) is 4.00. The normalized spacial score (nSPS) is 20.4. The van der Waals surface area contributed by atoms with Crippen molar-refractivity contribution in [3.8, 4) is 0 Å². The Balaban J connectivity index is 2.04. The van der Waals surface area contributed by atoms with Crippen molar-refractivity contribution in [3.05, 3.63) is 23.3 Å². The van der Waals surface area contributed by atoms with Crippen molar-refractivity contribution in [1.29, 1.82) is 0 Å². The number of carbonyl (C=O) groups is 1. The summed E-state index contributed by atoms with van der Waals surface area (Å²) in [6.45, 7) is 13.4. The van der Waals surface area contributed by atoms with E-state index in [-0.39, 0.29) is 11.9 Å². The fraction of sp³-hybridized carbons (Fsp3) is 0.688. The third-order valence-electron chi connectivity index (χ3n) is 3.83. The van der Waals surface area contributed by atoms with E-state index in [0.29, 0.717) is 12.5 Å². The molecular formula is C16H26N4O. The molecule has 0 saturated carbocycles. The van der Waals surface area contributed by atoms with Crippen molar-refractivity contribution in [2.75, 3.05) is 19.6 Å². The lowest BCUT2D eigenvalue weighted by Gasteiger charge is -2.39. The van der Waals surface area contributed by atoms with Gasteiger partial charge in [0.2, 0.25) is 5.91 Å². The van der Waals surface area contributed by atoms with Gasteiger partial charge < -0.3 is 4.90 Å². The molecule has 2 rings (SSSR count). The van der Waals surface area contributed by atoms with Crippen LogP contribution < -0.4 is 0 Å². The second-order valence-corrected chi connectivity index (χ2v) is 6.39. The molecule has 0 spiro atoms. The lowest BCUT2D eigenvalue weighted by atomic mass is 10.1. The van der Waals surface area contributed by atoms with E-state index in [9.17, 15) is 4.79 Å². The van der Waals surface area contributed by atoms with Gasteiger partial charge >= 0.3 is 0 Å². The number of aromatic nitrogens is 2. The maximum atomic E-state index is 12.4. The molecule has 0 radical (unpaired) electrons. The van der Waals surface area contributed by atoms with E-state index in [1.54, 1.807) is 0 Å². The largest absolute Gasteiger partial charge is 0.340 e. The first kappa shape index (κ1) is 15.9. The molecule has 0 aliphatic carbocycles. The summed E-state index contributed by atoms with van der Waals surface area (Å²) < 4.78 is 0. The van der Waals surface area contributed by atoms with E-state index in [4.69, 9.17) is 0 Å². The van der Waals surface area contributed by atoms with E-state index in [0.717, 1.165) is 36.8 Å². The van der Waals surface area contributed by atoms with Gasteiger partial charge in [0.1, 0.15) is 5.82 Å². The van der Waals surface area contributed by atoms with Crippen LogP contribution in [-0.4, -0.2) is 51.4 Å². The third-order valence-corrected chi connectivity index (χ3v) is 3.83. The highest BCUT2D eigenvalue weighted by atomic mass is 16.2. The Morgan fingerprint density at radius 1 is 1.24 bits per heavy atom. The number of hydrogen-bond donors (Lipinski definition) is 0. The van der Waals surface area contributed by atoms with Gasteiger partial charge in [0.05, 0.1) is 12.6 Å².